The topological polar surface area (TPSA) is 37.3 Å². The van der Waals surface area contributed by atoms with Crippen molar-refractivity contribution in [2.24, 2.45) is 11.8 Å². The molecule has 0 aromatic heterocycles. The Balaban J connectivity index is 2.05. The highest BCUT2D eigenvalue weighted by atomic mass is 32.2. The maximum atomic E-state index is 10.5. The molecule has 0 aromatic rings. The summed E-state index contributed by atoms with van der Waals surface area (Å²) in [5.74, 6) is 2.27. The summed E-state index contributed by atoms with van der Waals surface area (Å²) in [5, 5.41) is 8.61. The van der Waals surface area contributed by atoms with Crippen LogP contribution in [0.25, 0.3) is 0 Å². The molecule has 23 heavy (non-hydrogen) atoms. The van der Waals surface area contributed by atoms with Gasteiger partial charge in [0.15, 0.2) is 0 Å². The van der Waals surface area contributed by atoms with Gasteiger partial charge >= 0.3 is 5.97 Å². The zero-order valence-corrected chi connectivity index (χ0v) is 15.8. The van der Waals surface area contributed by atoms with E-state index in [1.165, 1.54) is 77.0 Å². The Labute approximate surface area is 147 Å². The maximum absolute atomic E-state index is 10.5. The summed E-state index contributed by atoms with van der Waals surface area (Å²) in [6.45, 7) is 2.27. The molecule has 1 aliphatic carbocycles. The average molecular weight is 341 g/mol. The molecule has 0 radical (unpaired) electrons. The highest BCUT2D eigenvalue weighted by molar-refractivity contribution is 7.99. The third-order valence-electron chi connectivity index (χ3n) is 4.91. The Morgan fingerprint density at radius 1 is 1.13 bits per heavy atom. The van der Waals surface area contributed by atoms with Gasteiger partial charge in [-0.05, 0) is 56.1 Å². The van der Waals surface area contributed by atoms with Crippen LogP contribution in [0.15, 0.2) is 12.2 Å². The third kappa shape index (κ3) is 10.9. The number of carbonyl (C=O) groups is 1. The first-order valence-electron chi connectivity index (χ1n) is 9.70. The van der Waals surface area contributed by atoms with E-state index in [0.29, 0.717) is 0 Å². The minimum atomic E-state index is -0.689. The van der Waals surface area contributed by atoms with Gasteiger partial charge in [-0.2, -0.15) is 11.8 Å². The fraction of sp³-hybridized carbons (Fsp3) is 0.850. The smallest absolute Gasteiger partial charge is 0.313 e. The van der Waals surface area contributed by atoms with Crippen LogP contribution in [0.5, 0.6) is 0 Å². The molecule has 0 aliphatic heterocycles. The van der Waals surface area contributed by atoms with Crippen molar-refractivity contribution in [3.8, 4) is 0 Å². The lowest BCUT2D eigenvalue weighted by molar-refractivity contribution is -0.133. The standard InChI is InChI=1S/C20H36O2S/c1-2-3-4-5-6-7-8-12-18-14-11-15-19(18)13-9-10-16-23-17-20(21)22/h8,12,18-19H,2-7,9-11,13-17H2,1H3,(H,21,22)/t18-,19-/m0/s1. The Morgan fingerprint density at radius 3 is 2.74 bits per heavy atom. The Bertz CT molecular complexity index is 328. The maximum Gasteiger partial charge on any atom is 0.313 e. The zero-order valence-electron chi connectivity index (χ0n) is 15.0. The van der Waals surface area contributed by atoms with Crippen LogP contribution in [0.3, 0.4) is 0 Å². The van der Waals surface area contributed by atoms with E-state index in [-0.39, 0.29) is 5.75 Å². The number of carboxylic acid groups (broad SMARTS) is 1. The second-order valence-corrected chi connectivity index (χ2v) is 8.03. The molecule has 1 aliphatic rings. The van der Waals surface area contributed by atoms with Gasteiger partial charge in [-0.1, -0.05) is 57.6 Å². The molecule has 134 valence electrons. The van der Waals surface area contributed by atoms with E-state index < -0.39 is 5.97 Å². The van der Waals surface area contributed by atoms with Gasteiger partial charge < -0.3 is 5.11 Å². The number of thioether (sulfide) groups is 1. The third-order valence-corrected chi connectivity index (χ3v) is 5.94. The summed E-state index contributed by atoms with van der Waals surface area (Å²) < 4.78 is 0. The number of hydrogen-bond donors (Lipinski definition) is 1. The number of hydrogen-bond acceptors (Lipinski definition) is 2. The number of rotatable bonds is 14. The van der Waals surface area contributed by atoms with Crippen LogP contribution in [0, 0.1) is 11.8 Å². The van der Waals surface area contributed by atoms with Gasteiger partial charge in [-0.3, -0.25) is 4.79 Å². The Morgan fingerprint density at radius 2 is 1.96 bits per heavy atom. The van der Waals surface area contributed by atoms with Crippen molar-refractivity contribution in [1.82, 2.24) is 0 Å². The largest absolute Gasteiger partial charge is 0.481 e. The van der Waals surface area contributed by atoms with E-state index >= 15 is 0 Å². The van der Waals surface area contributed by atoms with Gasteiger partial charge in [0.05, 0.1) is 5.75 Å². The SMILES string of the molecule is CCCCCCCC=C[C@H]1CCC[C@@H]1CCCCSCC(=O)O. The van der Waals surface area contributed by atoms with Crippen molar-refractivity contribution in [1.29, 1.82) is 0 Å². The predicted molar refractivity (Wildman–Crippen MR) is 102 cm³/mol. The van der Waals surface area contributed by atoms with Gasteiger partial charge in [-0.25, -0.2) is 0 Å². The highest BCUT2D eigenvalue weighted by Gasteiger charge is 2.24. The molecule has 0 saturated heterocycles. The summed E-state index contributed by atoms with van der Waals surface area (Å²) in [4.78, 5) is 10.5. The minimum absolute atomic E-state index is 0.257. The lowest BCUT2D eigenvalue weighted by atomic mass is 9.90. The predicted octanol–water partition coefficient (Wildman–Crippen LogP) is 6.31. The van der Waals surface area contributed by atoms with Crippen LogP contribution in [-0.2, 0) is 4.79 Å². The normalized spacial score (nSPS) is 21.3. The van der Waals surface area contributed by atoms with Crippen molar-refractivity contribution in [3.05, 3.63) is 12.2 Å². The fourth-order valence-electron chi connectivity index (χ4n) is 3.58. The Hall–Kier alpha value is -0.440. The molecular weight excluding hydrogens is 304 g/mol. The number of unbranched alkanes of at least 4 members (excludes halogenated alkanes) is 6. The number of aliphatic carboxylic acids is 1. The molecule has 1 N–H and O–H groups in total. The molecule has 1 rings (SSSR count). The van der Waals surface area contributed by atoms with Gasteiger partial charge in [0.25, 0.3) is 0 Å². The van der Waals surface area contributed by atoms with Crippen molar-refractivity contribution in [3.63, 3.8) is 0 Å². The summed E-state index contributed by atoms with van der Waals surface area (Å²) in [6, 6.07) is 0. The number of carboxylic acids is 1. The van der Waals surface area contributed by atoms with Crippen molar-refractivity contribution in [2.75, 3.05) is 11.5 Å². The van der Waals surface area contributed by atoms with Crippen molar-refractivity contribution in [2.45, 2.75) is 84.0 Å². The summed E-state index contributed by atoms with van der Waals surface area (Å²) in [6.07, 6.45) is 21.0. The first-order valence-corrected chi connectivity index (χ1v) is 10.9. The molecule has 0 spiro atoms. The molecular formula is C20H36O2S. The van der Waals surface area contributed by atoms with Crippen LogP contribution < -0.4 is 0 Å². The van der Waals surface area contributed by atoms with Crippen LogP contribution in [-0.4, -0.2) is 22.6 Å². The molecule has 3 heteroatoms. The van der Waals surface area contributed by atoms with E-state index in [9.17, 15) is 4.79 Å². The molecule has 0 bridgehead atoms. The first-order chi connectivity index (χ1) is 11.2. The van der Waals surface area contributed by atoms with Crippen molar-refractivity contribution >= 4 is 17.7 Å². The van der Waals surface area contributed by atoms with E-state index in [1.54, 1.807) is 11.8 Å². The molecule has 0 aromatic carbocycles. The lowest BCUT2D eigenvalue weighted by Gasteiger charge is -2.16. The first kappa shape index (κ1) is 20.6. The summed E-state index contributed by atoms with van der Waals surface area (Å²) in [7, 11) is 0. The van der Waals surface area contributed by atoms with Gasteiger partial charge in [0, 0.05) is 0 Å². The molecule has 0 unspecified atom stereocenters. The molecule has 1 fully saturated rings. The lowest BCUT2D eigenvalue weighted by Crippen LogP contribution is -2.05. The van der Waals surface area contributed by atoms with E-state index in [1.807, 2.05) is 0 Å². The quantitative estimate of drug-likeness (QED) is 0.297. The summed E-state index contributed by atoms with van der Waals surface area (Å²) >= 11 is 1.56. The van der Waals surface area contributed by atoms with Gasteiger partial charge in [0.1, 0.15) is 0 Å². The van der Waals surface area contributed by atoms with Crippen LogP contribution in [0.2, 0.25) is 0 Å². The molecule has 0 amide bonds. The van der Waals surface area contributed by atoms with Gasteiger partial charge in [-0.15, -0.1) is 0 Å². The van der Waals surface area contributed by atoms with E-state index in [4.69, 9.17) is 5.11 Å². The molecule has 1 saturated carbocycles. The second kappa shape index (κ2) is 13.9. The minimum Gasteiger partial charge on any atom is -0.481 e. The van der Waals surface area contributed by atoms with Crippen LogP contribution in [0.4, 0.5) is 0 Å². The Kier molecular flexibility index (Phi) is 12.5. The van der Waals surface area contributed by atoms with Crippen molar-refractivity contribution < 1.29 is 9.90 Å². The van der Waals surface area contributed by atoms with Gasteiger partial charge in [0.2, 0.25) is 0 Å². The number of allylic oxidation sites excluding steroid dienone is 2. The van der Waals surface area contributed by atoms with E-state index in [0.717, 1.165) is 17.6 Å². The van der Waals surface area contributed by atoms with Crippen LogP contribution >= 0.6 is 11.8 Å². The summed E-state index contributed by atoms with van der Waals surface area (Å²) in [5.41, 5.74) is 0. The highest BCUT2D eigenvalue weighted by Crippen LogP contribution is 2.36. The zero-order chi connectivity index (χ0) is 16.8. The average Bonchev–Trinajstić information content (AvgIpc) is 2.97. The van der Waals surface area contributed by atoms with Crippen LogP contribution in [0.1, 0.15) is 84.0 Å². The van der Waals surface area contributed by atoms with E-state index in [2.05, 4.69) is 19.1 Å². The fourth-order valence-corrected chi connectivity index (χ4v) is 4.31. The molecule has 2 atom stereocenters. The molecule has 2 nitrogen and oxygen atoms in total. The molecule has 0 heterocycles. The second-order valence-electron chi connectivity index (χ2n) is 6.93. The monoisotopic (exact) mass is 340 g/mol.